The maximum absolute atomic E-state index is 6.45. The Labute approximate surface area is 107 Å². The Morgan fingerprint density at radius 2 is 1.94 bits per heavy atom. The third kappa shape index (κ3) is 2.76. The lowest BCUT2D eigenvalue weighted by atomic mass is 9.86. The number of hydrogen-bond acceptors (Lipinski definition) is 2. The van der Waals surface area contributed by atoms with Crippen LogP contribution in [0.15, 0.2) is 35.0 Å². The van der Waals surface area contributed by atoms with Gasteiger partial charge < -0.3 is 5.73 Å². The highest BCUT2D eigenvalue weighted by Gasteiger charge is 2.22. The molecule has 0 radical (unpaired) electrons. The van der Waals surface area contributed by atoms with E-state index in [9.17, 15) is 0 Å². The first-order valence-electron chi connectivity index (χ1n) is 5.87. The van der Waals surface area contributed by atoms with Gasteiger partial charge in [-0.2, -0.15) is 11.3 Å². The van der Waals surface area contributed by atoms with Crippen molar-refractivity contribution in [3.05, 3.63) is 57.3 Å². The Morgan fingerprint density at radius 3 is 2.53 bits per heavy atom. The summed E-state index contributed by atoms with van der Waals surface area (Å²) in [4.78, 5) is 0. The molecule has 90 valence electrons. The van der Waals surface area contributed by atoms with Gasteiger partial charge in [0, 0.05) is 5.54 Å². The third-order valence-electron chi connectivity index (χ3n) is 3.32. The number of nitrogens with two attached hydrogens (primary N) is 1. The molecule has 0 amide bonds. The zero-order valence-electron chi connectivity index (χ0n) is 10.7. The molecule has 0 bridgehead atoms. The summed E-state index contributed by atoms with van der Waals surface area (Å²) < 4.78 is 0. The highest BCUT2D eigenvalue weighted by atomic mass is 32.1. The molecule has 17 heavy (non-hydrogen) atoms. The Balaban J connectivity index is 2.27. The van der Waals surface area contributed by atoms with Gasteiger partial charge in [-0.1, -0.05) is 18.2 Å². The molecule has 2 rings (SSSR count). The summed E-state index contributed by atoms with van der Waals surface area (Å²) in [6, 6.07) is 8.66. The van der Waals surface area contributed by atoms with E-state index >= 15 is 0 Å². The van der Waals surface area contributed by atoms with Crippen LogP contribution in [-0.4, -0.2) is 0 Å². The summed E-state index contributed by atoms with van der Waals surface area (Å²) in [5.41, 5.74) is 11.3. The van der Waals surface area contributed by atoms with Gasteiger partial charge in [-0.25, -0.2) is 0 Å². The second kappa shape index (κ2) is 4.63. The lowest BCUT2D eigenvalue weighted by molar-refractivity contribution is 0.491. The van der Waals surface area contributed by atoms with E-state index in [1.165, 1.54) is 22.3 Å². The summed E-state index contributed by atoms with van der Waals surface area (Å²) in [6.45, 7) is 6.38. The first-order valence-corrected chi connectivity index (χ1v) is 6.81. The van der Waals surface area contributed by atoms with E-state index in [4.69, 9.17) is 5.73 Å². The largest absolute Gasteiger partial charge is 0.321 e. The molecule has 2 heteroatoms. The van der Waals surface area contributed by atoms with Gasteiger partial charge in [0.25, 0.3) is 0 Å². The highest BCUT2D eigenvalue weighted by Crippen LogP contribution is 2.25. The lowest BCUT2D eigenvalue weighted by Gasteiger charge is -2.25. The Kier molecular flexibility index (Phi) is 3.36. The van der Waals surface area contributed by atoms with Crippen LogP contribution in [0.4, 0.5) is 0 Å². The van der Waals surface area contributed by atoms with Crippen LogP contribution in [0.5, 0.6) is 0 Å². The molecule has 0 aliphatic rings. The summed E-state index contributed by atoms with van der Waals surface area (Å²) in [5, 5.41) is 4.28. The van der Waals surface area contributed by atoms with Crippen molar-refractivity contribution in [2.24, 2.45) is 5.73 Å². The number of aryl methyl sites for hydroxylation is 2. The van der Waals surface area contributed by atoms with Gasteiger partial charge >= 0.3 is 0 Å². The molecule has 0 spiro atoms. The summed E-state index contributed by atoms with van der Waals surface area (Å²) in [5.74, 6) is 0. The van der Waals surface area contributed by atoms with Crippen molar-refractivity contribution in [2.75, 3.05) is 0 Å². The van der Waals surface area contributed by atoms with E-state index in [-0.39, 0.29) is 5.54 Å². The number of thiophene rings is 1. The van der Waals surface area contributed by atoms with E-state index in [0.717, 1.165) is 6.42 Å². The molecule has 0 saturated carbocycles. The quantitative estimate of drug-likeness (QED) is 0.875. The van der Waals surface area contributed by atoms with Crippen LogP contribution < -0.4 is 5.73 Å². The number of rotatable bonds is 3. The smallest absolute Gasteiger partial charge is 0.0422 e. The molecule has 2 N–H and O–H groups in total. The summed E-state index contributed by atoms with van der Waals surface area (Å²) >= 11 is 1.73. The van der Waals surface area contributed by atoms with Crippen LogP contribution in [0.3, 0.4) is 0 Å². The van der Waals surface area contributed by atoms with Gasteiger partial charge in [0.15, 0.2) is 0 Å². The topological polar surface area (TPSA) is 26.0 Å². The zero-order valence-corrected chi connectivity index (χ0v) is 11.5. The molecule has 0 aliphatic carbocycles. The summed E-state index contributed by atoms with van der Waals surface area (Å²) in [6.07, 6.45) is 0.888. The maximum atomic E-state index is 6.45. The first kappa shape index (κ1) is 12.3. The molecule has 1 aromatic carbocycles. The Morgan fingerprint density at radius 1 is 1.18 bits per heavy atom. The second-order valence-electron chi connectivity index (χ2n) is 5.02. The number of hydrogen-bond donors (Lipinski definition) is 1. The molecule has 0 saturated heterocycles. The second-order valence-corrected chi connectivity index (χ2v) is 5.80. The molecular formula is C15H19NS. The van der Waals surface area contributed by atoms with E-state index in [1.807, 2.05) is 0 Å². The maximum Gasteiger partial charge on any atom is 0.0422 e. The van der Waals surface area contributed by atoms with Crippen molar-refractivity contribution in [3.63, 3.8) is 0 Å². The van der Waals surface area contributed by atoms with Crippen LogP contribution >= 0.6 is 11.3 Å². The van der Waals surface area contributed by atoms with Gasteiger partial charge in [0.05, 0.1) is 0 Å². The minimum absolute atomic E-state index is 0.292. The average molecular weight is 245 g/mol. The molecule has 1 aromatic heterocycles. The van der Waals surface area contributed by atoms with E-state index in [0.29, 0.717) is 0 Å². The minimum atomic E-state index is -0.292. The highest BCUT2D eigenvalue weighted by molar-refractivity contribution is 7.07. The Hall–Kier alpha value is -1.12. The van der Waals surface area contributed by atoms with Crippen molar-refractivity contribution in [3.8, 4) is 0 Å². The van der Waals surface area contributed by atoms with Crippen molar-refractivity contribution in [2.45, 2.75) is 32.7 Å². The molecule has 0 fully saturated rings. The SMILES string of the molecule is Cc1ccc(C(C)(N)Cc2ccsc2)cc1C. The van der Waals surface area contributed by atoms with E-state index in [2.05, 4.69) is 55.8 Å². The van der Waals surface area contributed by atoms with Crippen LogP contribution in [-0.2, 0) is 12.0 Å². The third-order valence-corrected chi connectivity index (χ3v) is 4.05. The number of benzene rings is 1. The van der Waals surface area contributed by atoms with Gasteiger partial charge in [-0.05, 0) is 66.3 Å². The van der Waals surface area contributed by atoms with Crippen LogP contribution in [0.1, 0.15) is 29.2 Å². The lowest BCUT2D eigenvalue weighted by Crippen LogP contribution is -2.35. The van der Waals surface area contributed by atoms with Crippen molar-refractivity contribution < 1.29 is 0 Å². The van der Waals surface area contributed by atoms with Crippen LogP contribution in [0.2, 0.25) is 0 Å². The van der Waals surface area contributed by atoms with Gasteiger partial charge in [0.2, 0.25) is 0 Å². The van der Waals surface area contributed by atoms with Crippen molar-refractivity contribution in [1.82, 2.24) is 0 Å². The molecule has 2 aromatic rings. The van der Waals surface area contributed by atoms with Crippen LogP contribution in [0.25, 0.3) is 0 Å². The van der Waals surface area contributed by atoms with Gasteiger partial charge in [0.1, 0.15) is 0 Å². The molecule has 1 nitrogen and oxygen atoms in total. The fraction of sp³-hybridized carbons (Fsp3) is 0.333. The fourth-order valence-electron chi connectivity index (χ4n) is 2.02. The molecule has 1 heterocycles. The van der Waals surface area contributed by atoms with Gasteiger partial charge in [-0.3, -0.25) is 0 Å². The summed E-state index contributed by atoms with van der Waals surface area (Å²) in [7, 11) is 0. The standard InChI is InChI=1S/C15H19NS/c1-11-4-5-14(8-12(11)2)15(3,16)9-13-6-7-17-10-13/h4-8,10H,9,16H2,1-3H3. The molecule has 1 atom stereocenters. The van der Waals surface area contributed by atoms with Crippen LogP contribution in [0, 0.1) is 13.8 Å². The Bertz CT molecular complexity index is 498. The minimum Gasteiger partial charge on any atom is -0.321 e. The first-order chi connectivity index (χ1) is 7.99. The zero-order chi connectivity index (χ0) is 12.5. The molecule has 0 aliphatic heterocycles. The van der Waals surface area contributed by atoms with E-state index < -0.39 is 0 Å². The molecule has 1 unspecified atom stereocenters. The average Bonchev–Trinajstić information content (AvgIpc) is 2.73. The normalized spacial score (nSPS) is 14.6. The van der Waals surface area contributed by atoms with Crippen molar-refractivity contribution in [1.29, 1.82) is 0 Å². The van der Waals surface area contributed by atoms with Crippen molar-refractivity contribution >= 4 is 11.3 Å². The van der Waals surface area contributed by atoms with Gasteiger partial charge in [-0.15, -0.1) is 0 Å². The predicted octanol–water partition coefficient (Wildman–Crippen LogP) is 3.78. The fourth-order valence-corrected chi connectivity index (χ4v) is 2.68. The molecular weight excluding hydrogens is 226 g/mol. The van der Waals surface area contributed by atoms with E-state index in [1.54, 1.807) is 11.3 Å². The monoisotopic (exact) mass is 245 g/mol. The predicted molar refractivity (Wildman–Crippen MR) is 75.5 cm³/mol.